The van der Waals surface area contributed by atoms with E-state index in [9.17, 15) is 9.59 Å². The van der Waals surface area contributed by atoms with E-state index in [0.29, 0.717) is 18.3 Å². The van der Waals surface area contributed by atoms with Crippen LogP contribution in [0.5, 0.6) is 0 Å². The molecule has 2 unspecified atom stereocenters. The quantitative estimate of drug-likeness (QED) is 0.886. The minimum atomic E-state index is -0.0206. The normalized spacial score (nSPS) is 27.1. The zero-order chi connectivity index (χ0) is 16.7. The molecule has 0 aromatic carbocycles. The van der Waals surface area contributed by atoms with Crippen LogP contribution in [0.2, 0.25) is 0 Å². The van der Waals surface area contributed by atoms with Crippen LogP contribution >= 0.6 is 0 Å². The van der Waals surface area contributed by atoms with Crippen molar-refractivity contribution in [3.05, 3.63) is 22.7 Å². The van der Waals surface area contributed by atoms with Crippen LogP contribution in [0.4, 0.5) is 5.82 Å². The molecule has 1 saturated heterocycles. The summed E-state index contributed by atoms with van der Waals surface area (Å²) >= 11 is 0. The smallest absolute Gasteiger partial charge is 0.293 e. The summed E-state index contributed by atoms with van der Waals surface area (Å²) in [5, 5.41) is 3.23. The Morgan fingerprint density at radius 1 is 1.29 bits per heavy atom. The largest absolute Gasteiger partial charge is 0.353 e. The van der Waals surface area contributed by atoms with Gasteiger partial charge in [-0.2, -0.15) is 0 Å². The first-order chi connectivity index (χ1) is 11.7. The van der Waals surface area contributed by atoms with Crippen molar-refractivity contribution in [3.8, 4) is 0 Å². The van der Waals surface area contributed by atoms with Crippen molar-refractivity contribution in [2.24, 2.45) is 17.8 Å². The molecule has 6 nitrogen and oxygen atoms in total. The summed E-state index contributed by atoms with van der Waals surface area (Å²) in [5.74, 6) is 2.60. The predicted octanol–water partition coefficient (Wildman–Crippen LogP) is 1.39. The SMILES string of the molecule is CCn1ccnc(N2CCC(NC(=O)C3CC3C3CC3)CC2)c1=O. The standard InChI is InChI=1S/C18H26N4O2/c1-2-21-10-7-19-16(18(21)24)22-8-5-13(6-9-22)20-17(23)15-11-14(15)12-3-4-12/h7,10,12-15H,2-6,8-9,11H2,1H3,(H,20,23). The van der Waals surface area contributed by atoms with Gasteiger partial charge < -0.3 is 14.8 Å². The third kappa shape index (κ3) is 3.06. The van der Waals surface area contributed by atoms with E-state index in [4.69, 9.17) is 0 Å². The van der Waals surface area contributed by atoms with Crippen LogP contribution in [0.15, 0.2) is 17.2 Å². The topological polar surface area (TPSA) is 67.2 Å². The third-order valence-corrected chi connectivity index (χ3v) is 5.78. The number of aryl methyl sites for hydroxylation is 1. The van der Waals surface area contributed by atoms with Crippen molar-refractivity contribution in [3.63, 3.8) is 0 Å². The summed E-state index contributed by atoms with van der Waals surface area (Å²) < 4.78 is 1.68. The Labute approximate surface area is 142 Å². The minimum absolute atomic E-state index is 0.0206. The number of amides is 1. The molecule has 2 heterocycles. The van der Waals surface area contributed by atoms with Gasteiger partial charge >= 0.3 is 0 Å². The molecule has 130 valence electrons. The number of carbonyl (C=O) groups excluding carboxylic acids is 1. The van der Waals surface area contributed by atoms with Crippen molar-refractivity contribution in [2.75, 3.05) is 18.0 Å². The van der Waals surface area contributed by atoms with Crippen LogP contribution in [0.1, 0.15) is 39.0 Å². The molecule has 3 fully saturated rings. The summed E-state index contributed by atoms with van der Waals surface area (Å²) in [6.45, 7) is 4.17. The monoisotopic (exact) mass is 330 g/mol. The molecule has 3 aliphatic rings. The molecule has 2 saturated carbocycles. The first-order valence-corrected chi connectivity index (χ1v) is 9.28. The van der Waals surface area contributed by atoms with Crippen molar-refractivity contribution in [1.29, 1.82) is 0 Å². The van der Waals surface area contributed by atoms with Crippen LogP contribution in [0.25, 0.3) is 0 Å². The highest BCUT2D eigenvalue weighted by Gasteiger charge is 2.51. The summed E-state index contributed by atoms with van der Waals surface area (Å²) in [5.41, 5.74) is -0.0206. The molecule has 4 rings (SSSR count). The zero-order valence-corrected chi connectivity index (χ0v) is 14.3. The van der Waals surface area contributed by atoms with Gasteiger partial charge in [-0.1, -0.05) is 0 Å². The highest BCUT2D eigenvalue weighted by atomic mass is 16.2. The van der Waals surface area contributed by atoms with Crippen LogP contribution in [0, 0.1) is 17.8 Å². The molecule has 1 N–H and O–H groups in total. The fraction of sp³-hybridized carbons (Fsp3) is 0.722. The van der Waals surface area contributed by atoms with E-state index in [1.54, 1.807) is 17.0 Å². The third-order valence-electron chi connectivity index (χ3n) is 5.78. The molecule has 2 aliphatic carbocycles. The zero-order valence-electron chi connectivity index (χ0n) is 14.3. The van der Waals surface area contributed by atoms with Gasteiger partial charge in [-0.3, -0.25) is 9.59 Å². The fourth-order valence-corrected chi connectivity index (χ4v) is 4.01. The first-order valence-electron chi connectivity index (χ1n) is 9.28. The maximum atomic E-state index is 12.4. The first kappa shape index (κ1) is 15.7. The number of nitrogens with zero attached hydrogens (tertiary/aromatic N) is 3. The lowest BCUT2D eigenvalue weighted by atomic mass is 10.0. The summed E-state index contributed by atoms with van der Waals surface area (Å²) in [4.78, 5) is 31.0. The minimum Gasteiger partial charge on any atom is -0.353 e. The van der Waals surface area contributed by atoms with Gasteiger partial charge in [0.15, 0.2) is 5.82 Å². The summed E-state index contributed by atoms with van der Waals surface area (Å²) in [7, 11) is 0. The number of piperidine rings is 1. The van der Waals surface area contributed by atoms with Crippen molar-refractivity contribution < 1.29 is 4.79 Å². The Kier molecular flexibility index (Phi) is 4.06. The van der Waals surface area contributed by atoms with E-state index in [1.807, 2.05) is 6.92 Å². The number of rotatable bonds is 5. The maximum Gasteiger partial charge on any atom is 0.293 e. The van der Waals surface area contributed by atoms with Gasteiger partial charge in [0.25, 0.3) is 5.56 Å². The second kappa shape index (κ2) is 6.22. The van der Waals surface area contributed by atoms with Gasteiger partial charge in [0, 0.05) is 44.0 Å². The van der Waals surface area contributed by atoms with Gasteiger partial charge in [0.05, 0.1) is 0 Å². The molecule has 6 heteroatoms. The number of hydrogen-bond acceptors (Lipinski definition) is 4. The number of anilines is 1. The average Bonchev–Trinajstić information content (AvgIpc) is 3.48. The molecule has 0 spiro atoms. The Morgan fingerprint density at radius 2 is 2.04 bits per heavy atom. The second-order valence-corrected chi connectivity index (χ2v) is 7.46. The number of aromatic nitrogens is 2. The van der Waals surface area contributed by atoms with E-state index in [0.717, 1.165) is 38.3 Å². The fourth-order valence-electron chi connectivity index (χ4n) is 4.01. The Hall–Kier alpha value is -1.85. The molecule has 24 heavy (non-hydrogen) atoms. The van der Waals surface area contributed by atoms with Crippen LogP contribution in [-0.2, 0) is 11.3 Å². The van der Waals surface area contributed by atoms with Gasteiger partial charge in [0.1, 0.15) is 0 Å². The number of carbonyl (C=O) groups is 1. The molecular formula is C18H26N4O2. The van der Waals surface area contributed by atoms with Crippen molar-refractivity contribution in [1.82, 2.24) is 14.9 Å². The van der Waals surface area contributed by atoms with Crippen LogP contribution in [0.3, 0.4) is 0 Å². The van der Waals surface area contributed by atoms with E-state index >= 15 is 0 Å². The highest BCUT2D eigenvalue weighted by Crippen LogP contribution is 2.54. The van der Waals surface area contributed by atoms with Crippen molar-refractivity contribution in [2.45, 2.75) is 51.6 Å². The highest BCUT2D eigenvalue weighted by molar-refractivity contribution is 5.82. The van der Waals surface area contributed by atoms with Gasteiger partial charge in [-0.15, -0.1) is 0 Å². The Balaban J connectivity index is 1.30. The van der Waals surface area contributed by atoms with Gasteiger partial charge in [-0.25, -0.2) is 4.98 Å². The maximum absolute atomic E-state index is 12.4. The van der Waals surface area contributed by atoms with Gasteiger partial charge in [0.2, 0.25) is 5.91 Å². The van der Waals surface area contributed by atoms with E-state index < -0.39 is 0 Å². The van der Waals surface area contributed by atoms with E-state index in [-0.39, 0.29) is 23.4 Å². The van der Waals surface area contributed by atoms with E-state index in [2.05, 4.69) is 15.2 Å². The van der Waals surface area contributed by atoms with E-state index in [1.165, 1.54) is 12.8 Å². The summed E-state index contributed by atoms with van der Waals surface area (Å²) in [6, 6.07) is 0.242. The average molecular weight is 330 g/mol. The lowest BCUT2D eigenvalue weighted by Gasteiger charge is -2.32. The van der Waals surface area contributed by atoms with Gasteiger partial charge in [-0.05, 0) is 50.9 Å². The molecule has 2 atom stereocenters. The molecule has 0 bridgehead atoms. The number of hydrogen-bond donors (Lipinski definition) is 1. The molecule has 1 aromatic rings. The molecular weight excluding hydrogens is 304 g/mol. The lowest BCUT2D eigenvalue weighted by Crippen LogP contribution is -2.47. The Bertz CT molecular complexity index is 674. The number of nitrogens with one attached hydrogen (secondary N) is 1. The van der Waals surface area contributed by atoms with Crippen molar-refractivity contribution >= 4 is 11.7 Å². The lowest BCUT2D eigenvalue weighted by molar-refractivity contribution is -0.123. The molecule has 0 radical (unpaired) electrons. The molecule has 1 aromatic heterocycles. The summed E-state index contributed by atoms with van der Waals surface area (Å²) in [6.07, 6.45) is 8.94. The Morgan fingerprint density at radius 3 is 2.71 bits per heavy atom. The second-order valence-electron chi connectivity index (χ2n) is 7.46. The molecule has 1 aliphatic heterocycles. The van der Waals surface area contributed by atoms with Crippen LogP contribution in [-0.4, -0.2) is 34.6 Å². The van der Waals surface area contributed by atoms with Crippen LogP contribution < -0.4 is 15.8 Å². The predicted molar refractivity (Wildman–Crippen MR) is 91.9 cm³/mol. The molecule has 1 amide bonds.